The van der Waals surface area contributed by atoms with Crippen LogP contribution in [-0.4, -0.2) is 47.4 Å². The SMILES string of the molecule is CCC1C(=O)C[C@H]2CN(C(C)C)CCN2c2ncccc21. The van der Waals surface area contributed by atoms with E-state index in [1.807, 2.05) is 12.3 Å². The van der Waals surface area contributed by atoms with Crippen LogP contribution in [0.1, 0.15) is 45.1 Å². The first-order valence-corrected chi connectivity index (χ1v) is 8.10. The zero-order chi connectivity index (χ0) is 15.0. The maximum Gasteiger partial charge on any atom is 0.142 e. The molecule has 114 valence electrons. The Morgan fingerprint density at radius 1 is 1.38 bits per heavy atom. The number of nitrogens with zero attached hydrogens (tertiary/aromatic N) is 3. The zero-order valence-electron chi connectivity index (χ0n) is 13.2. The van der Waals surface area contributed by atoms with Gasteiger partial charge < -0.3 is 4.90 Å². The molecule has 2 aliphatic heterocycles. The minimum absolute atomic E-state index is 0.0202. The Morgan fingerprint density at radius 3 is 2.90 bits per heavy atom. The van der Waals surface area contributed by atoms with Crippen molar-refractivity contribution >= 4 is 11.6 Å². The molecule has 1 saturated heterocycles. The number of carbonyl (C=O) groups is 1. The molecule has 2 aliphatic rings. The third-order valence-corrected chi connectivity index (χ3v) is 4.94. The highest BCUT2D eigenvalue weighted by atomic mass is 16.1. The largest absolute Gasteiger partial charge is 0.350 e. The third-order valence-electron chi connectivity index (χ3n) is 4.94. The first kappa shape index (κ1) is 14.5. The Balaban J connectivity index is 1.98. The second kappa shape index (κ2) is 5.76. The quantitative estimate of drug-likeness (QED) is 0.837. The van der Waals surface area contributed by atoms with Crippen molar-refractivity contribution in [2.45, 2.75) is 51.6 Å². The van der Waals surface area contributed by atoms with Crippen LogP contribution in [0.15, 0.2) is 18.3 Å². The predicted octanol–water partition coefficient (Wildman–Crippen LogP) is 2.45. The second-order valence-electron chi connectivity index (χ2n) is 6.48. The van der Waals surface area contributed by atoms with E-state index in [2.05, 4.69) is 41.6 Å². The lowest BCUT2D eigenvalue weighted by Gasteiger charge is -2.43. The number of carbonyl (C=O) groups excluding carboxylic acids is 1. The van der Waals surface area contributed by atoms with Crippen LogP contribution in [0.25, 0.3) is 0 Å². The second-order valence-corrected chi connectivity index (χ2v) is 6.48. The van der Waals surface area contributed by atoms with Gasteiger partial charge in [0.15, 0.2) is 0 Å². The van der Waals surface area contributed by atoms with Gasteiger partial charge in [-0.1, -0.05) is 13.0 Å². The van der Waals surface area contributed by atoms with Gasteiger partial charge >= 0.3 is 0 Å². The van der Waals surface area contributed by atoms with Gasteiger partial charge in [0.05, 0.1) is 6.04 Å². The Hall–Kier alpha value is -1.42. The first-order valence-electron chi connectivity index (χ1n) is 8.10. The van der Waals surface area contributed by atoms with Crippen LogP contribution in [0.3, 0.4) is 0 Å². The van der Waals surface area contributed by atoms with Gasteiger partial charge in [0.2, 0.25) is 0 Å². The molecule has 0 aromatic carbocycles. The van der Waals surface area contributed by atoms with Crippen molar-refractivity contribution in [1.82, 2.24) is 9.88 Å². The number of rotatable bonds is 2. The molecule has 2 atom stereocenters. The van der Waals surface area contributed by atoms with Crippen molar-refractivity contribution in [2.75, 3.05) is 24.5 Å². The maximum atomic E-state index is 12.7. The van der Waals surface area contributed by atoms with Gasteiger partial charge in [0.1, 0.15) is 11.6 Å². The monoisotopic (exact) mass is 287 g/mol. The highest BCUT2D eigenvalue weighted by Gasteiger charge is 2.37. The number of pyridine rings is 1. The summed E-state index contributed by atoms with van der Waals surface area (Å²) >= 11 is 0. The smallest absolute Gasteiger partial charge is 0.142 e. The van der Waals surface area contributed by atoms with Gasteiger partial charge in [-0.05, 0) is 26.3 Å². The van der Waals surface area contributed by atoms with Crippen LogP contribution >= 0.6 is 0 Å². The minimum atomic E-state index is 0.0202. The van der Waals surface area contributed by atoms with E-state index in [0.717, 1.165) is 37.4 Å². The summed E-state index contributed by atoms with van der Waals surface area (Å²) in [4.78, 5) is 22.1. The average Bonchev–Trinajstić information content (AvgIpc) is 2.59. The Kier molecular flexibility index (Phi) is 3.98. The van der Waals surface area contributed by atoms with E-state index in [0.29, 0.717) is 18.2 Å². The van der Waals surface area contributed by atoms with E-state index in [9.17, 15) is 4.79 Å². The van der Waals surface area contributed by atoms with Gasteiger partial charge in [-0.2, -0.15) is 0 Å². The van der Waals surface area contributed by atoms with Crippen LogP contribution in [0, 0.1) is 0 Å². The van der Waals surface area contributed by atoms with Crippen molar-refractivity contribution in [2.24, 2.45) is 0 Å². The number of Topliss-reactive ketones (excluding diaryl/α,β-unsaturated/α-hetero) is 1. The maximum absolute atomic E-state index is 12.7. The van der Waals surface area contributed by atoms with Gasteiger partial charge in [0, 0.05) is 49.8 Å². The molecule has 1 unspecified atom stereocenters. The summed E-state index contributed by atoms with van der Waals surface area (Å²) in [6.45, 7) is 9.55. The van der Waals surface area contributed by atoms with E-state index < -0.39 is 0 Å². The number of hydrogen-bond acceptors (Lipinski definition) is 4. The molecule has 0 bridgehead atoms. The zero-order valence-corrected chi connectivity index (χ0v) is 13.2. The van der Waals surface area contributed by atoms with Gasteiger partial charge in [-0.25, -0.2) is 4.98 Å². The van der Waals surface area contributed by atoms with Crippen molar-refractivity contribution in [3.63, 3.8) is 0 Å². The molecule has 3 heterocycles. The van der Waals surface area contributed by atoms with Crippen LogP contribution in [0.2, 0.25) is 0 Å². The number of aromatic nitrogens is 1. The molecule has 4 nitrogen and oxygen atoms in total. The highest BCUT2D eigenvalue weighted by molar-refractivity contribution is 5.89. The fourth-order valence-electron chi connectivity index (χ4n) is 3.72. The summed E-state index contributed by atoms with van der Waals surface area (Å²) in [6, 6.07) is 4.86. The topological polar surface area (TPSA) is 36.4 Å². The molecule has 4 heteroatoms. The van der Waals surface area contributed by atoms with E-state index in [1.165, 1.54) is 0 Å². The van der Waals surface area contributed by atoms with Crippen LogP contribution < -0.4 is 4.90 Å². The van der Waals surface area contributed by atoms with Crippen LogP contribution in [-0.2, 0) is 4.79 Å². The van der Waals surface area contributed by atoms with Gasteiger partial charge in [0.25, 0.3) is 0 Å². The molecule has 3 rings (SSSR count). The van der Waals surface area contributed by atoms with Crippen molar-refractivity contribution in [3.05, 3.63) is 23.9 Å². The standard InChI is InChI=1S/C17H25N3O/c1-4-14-15-6-5-7-18-17(15)20-9-8-19(12(2)3)11-13(20)10-16(14)21/h5-7,12-14H,4,8-11H2,1-3H3/t13-,14?/m0/s1. The Morgan fingerprint density at radius 2 is 2.19 bits per heavy atom. The molecule has 0 saturated carbocycles. The summed E-state index contributed by atoms with van der Waals surface area (Å²) in [5.41, 5.74) is 1.13. The Labute approximate surface area is 127 Å². The van der Waals surface area contributed by atoms with Crippen molar-refractivity contribution < 1.29 is 4.79 Å². The third kappa shape index (κ3) is 2.57. The molecular formula is C17H25N3O. The lowest BCUT2D eigenvalue weighted by Crippen LogP contribution is -2.55. The van der Waals surface area contributed by atoms with Gasteiger partial charge in [-0.3, -0.25) is 9.69 Å². The predicted molar refractivity (Wildman–Crippen MR) is 84.7 cm³/mol. The van der Waals surface area contributed by atoms with Crippen molar-refractivity contribution in [1.29, 1.82) is 0 Å². The summed E-state index contributed by atoms with van der Waals surface area (Å²) < 4.78 is 0. The molecule has 1 fully saturated rings. The fraction of sp³-hybridized carbons (Fsp3) is 0.647. The van der Waals surface area contributed by atoms with E-state index in [-0.39, 0.29) is 12.0 Å². The Bertz CT molecular complexity index is 529. The first-order chi connectivity index (χ1) is 10.1. The molecule has 21 heavy (non-hydrogen) atoms. The summed E-state index contributed by atoms with van der Waals surface area (Å²) in [7, 11) is 0. The van der Waals surface area contributed by atoms with E-state index >= 15 is 0 Å². The molecule has 1 aromatic heterocycles. The number of hydrogen-bond donors (Lipinski definition) is 0. The lowest BCUT2D eigenvalue weighted by molar-refractivity contribution is -0.121. The number of piperazine rings is 1. The lowest BCUT2D eigenvalue weighted by atomic mass is 9.91. The highest BCUT2D eigenvalue weighted by Crippen LogP contribution is 2.36. The fourth-order valence-corrected chi connectivity index (χ4v) is 3.72. The molecule has 0 aliphatic carbocycles. The molecule has 0 amide bonds. The number of anilines is 1. The van der Waals surface area contributed by atoms with E-state index in [4.69, 9.17) is 0 Å². The van der Waals surface area contributed by atoms with E-state index in [1.54, 1.807) is 0 Å². The summed E-state index contributed by atoms with van der Waals surface area (Å²) in [6.07, 6.45) is 3.37. The van der Waals surface area contributed by atoms with Gasteiger partial charge in [-0.15, -0.1) is 0 Å². The summed E-state index contributed by atoms with van der Waals surface area (Å²) in [5.74, 6) is 1.44. The molecule has 0 radical (unpaired) electrons. The number of fused-ring (bicyclic) bond motifs is 3. The molecule has 1 aromatic rings. The average molecular weight is 287 g/mol. The van der Waals surface area contributed by atoms with Crippen LogP contribution in [0.5, 0.6) is 0 Å². The molecule has 0 N–H and O–H groups in total. The summed E-state index contributed by atoms with van der Waals surface area (Å²) in [5, 5.41) is 0. The van der Waals surface area contributed by atoms with Crippen LogP contribution in [0.4, 0.5) is 5.82 Å². The number of ketones is 1. The normalized spacial score (nSPS) is 26.5. The van der Waals surface area contributed by atoms with Crippen molar-refractivity contribution in [3.8, 4) is 0 Å². The molecule has 0 spiro atoms. The minimum Gasteiger partial charge on any atom is -0.350 e. The molecular weight excluding hydrogens is 262 g/mol.